The molecule has 1 aromatic rings. The molecule has 3 N–H and O–H groups in total. The van der Waals surface area contributed by atoms with Crippen LogP contribution >= 0.6 is 0 Å². The Labute approximate surface area is 121 Å². The molecule has 0 saturated heterocycles. The molecule has 0 aliphatic carbocycles. The maximum Gasteiger partial charge on any atom is 0.252 e. The lowest BCUT2D eigenvalue weighted by molar-refractivity contribution is 0.0937. The van der Waals surface area contributed by atoms with Crippen molar-refractivity contribution in [1.82, 2.24) is 10.3 Å². The number of carbonyl (C=O) groups is 1. The van der Waals surface area contributed by atoms with Crippen LogP contribution < -0.4 is 11.1 Å². The van der Waals surface area contributed by atoms with E-state index in [1.165, 1.54) is 0 Å². The summed E-state index contributed by atoms with van der Waals surface area (Å²) in [7, 11) is 0. The SMILES string of the molecule is CC(C)CCC(C)NC(=O)c1ccncc1C#CCN. The summed E-state index contributed by atoms with van der Waals surface area (Å²) in [6.45, 7) is 6.64. The van der Waals surface area contributed by atoms with Crippen molar-refractivity contribution in [3.8, 4) is 11.8 Å². The van der Waals surface area contributed by atoms with Gasteiger partial charge in [0, 0.05) is 18.4 Å². The van der Waals surface area contributed by atoms with Crippen LogP contribution in [0.2, 0.25) is 0 Å². The van der Waals surface area contributed by atoms with Crippen LogP contribution in [0, 0.1) is 17.8 Å². The molecule has 20 heavy (non-hydrogen) atoms. The molecule has 0 aliphatic rings. The van der Waals surface area contributed by atoms with Crippen LogP contribution in [0.4, 0.5) is 0 Å². The summed E-state index contributed by atoms with van der Waals surface area (Å²) in [5.41, 5.74) is 6.53. The van der Waals surface area contributed by atoms with Gasteiger partial charge in [0.1, 0.15) is 0 Å². The van der Waals surface area contributed by atoms with Crippen LogP contribution in [0.1, 0.15) is 49.5 Å². The van der Waals surface area contributed by atoms with Gasteiger partial charge in [-0.1, -0.05) is 25.7 Å². The van der Waals surface area contributed by atoms with E-state index in [9.17, 15) is 4.79 Å². The molecular formula is C16H23N3O. The van der Waals surface area contributed by atoms with Crippen LogP contribution in [0.15, 0.2) is 18.5 Å². The number of amides is 1. The Morgan fingerprint density at radius 2 is 2.15 bits per heavy atom. The molecule has 1 unspecified atom stereocenters. The van der Waals surface area contributed by atoms with E-state index in [0.717, 1.165) is 12.8 Å². The average molecular weight is 273 g/mol. The molecule has 1 amide bonds. The number of rotatable bonds is 5. The maximum atomic E-state index is 12.2. The maximum absolute atomic E-state index is 12.2. The van der Waals surface area contributed by atoms with Gasteiger partial charge in [-0.05, 0) is 31.7 Å². The second-order valence-electron chi connectivity index (χ2n) is 5.27. The summed E-state index contributed by atoms with van der Waals surface area (Å²) in [5, 5.41) is 3.00. The Kier molecular flexibility index (Phi) is 6.75. The minimum atomic E-state index is -0.107. The molecule has 1 rings (SSSR count). The van der Waals surface area contributed by atoms with Crippen LogP contribution in [0.5, 0.6) is 0 Å². The summed E-state index contributed by atoms with van der Waals surface area (Å²) in [5.74, 6) is 6.16. The third-order valence-electron chi connectivity index (χ3n) is 2.95. The minimum Gasteiger partial charge on any atom is -0.350 e. The Morgan fingerprint density at radius 3 is 2.80 bits per heavy atom. The van der Waals surface area contributed by atoms with Gasteiger partial charge in [-0.25, -0.2) is 0 Å². The van der Waals surface area contributed by atoms with E-state index in [0.29, 0.717) is 17.0 Å². The normalized spacial score (nSPS) is 11.7. The van der Waals surface area contributed by atoms with Crippen molar-refractivity contribution in [2.45, 2.75) is 39.7 Å². The Balaban J connectivity index is 2.72. The zero-order chi connectivity index (χ0) is 15.0. The van der Waals surface area contributed by atoms with E-state index in [2.05, 4.69) is 36.0 Å². The first kappa shape index (κ1) is 16.2. The Bertz CT molecular complexity index is 500. The summed E-state index contributed by atoms with van der Waals surface area (Å²) in [4.78, 5) is 16.2. The van der Waals surface area contributed by atoms with E-state index in [1.54, 1.807) is 18.5 Å². The first-order valence-electron chi connectivity index (χ1n) is 6.98. The second kappa shape index (κ2) is 8.34. The van der Waals surface area contributed by atoms with Crippen molar-refractivity contribution >= 4 is 5.91 Å². The fourth-order valence-electron chi connectivity index (χ4n) is 1.80. The molecule has 4 nitrogen and oxygen atoms in total. The molecule has 0 radical (unpaired) electrons. The number of nitrogens with one attached hydrogen (secondary N) is 1. The van der Waals surface area contributed by atoms with Crippen molar-refractivity contribution in [1.29, 1.82) is 0 Å². The first-order chi connectivity index (χ1) is 9.54. The third kappa shape index (κ3) is 5.41. The van der Waals surface area contributed by atoms with Gasteiger partial charge in [-0.15, -0.1) is 0 Å². The second-order valence-corrected chi connectivity index (χ2v) is 5.27. The van der Waals surface area contributed by atoms with Crippen LogP contribution in [0.25, 0.3) is 0 Å². The number of nitrogens with zero attached hydrogens (tertiary/aromatic N) is 1. The van der Waals surface area contributed by atoms with Gasteiger partial charge < -0.3 is 11.1 Å². The monoisotopic (exact) mass is 273 g/mol. The first-order valence-corrected chi connectivity index (χ1v) is 6.98. The molecule has 0 aromatic carbocycles. The van der Waals surface area contributed by atoms with E-state index >= 15 is 0 Å². The lowest BCUT2D eigenvalue weighted by Gasteiger charge is -2.15. The van der Waals surface area contributed by atoms with Gasteiger partial charge in [-0.2, -0.15) is 0 Å². The zero-order valence-electron chi connectivity index (χ0n) is 12.4. The summed E-state index contributed by atoms with van der Waals surface area (Å²) in [6.07, 6.45) is 5.26. The van der Waals surface area contributed by atoms with Crippen molar-refractivity contribution in [2.75, 3.05) is 6.54 Å². The smallest absolute Gasteiger partial charge is 0.252 e. The van der Waals surface area contributed by atoms with Gasteiger partial charge in [0.05, 0.1) is 17.7 Å². The van der Waals surface area contributed by atoms with Gasteiger partial charge in [0.25, 0.3) is 5.91 Å². The highest BCUT2D eigenvalue weighted by molar-refractivity contribution is 5.96. The highest BCUT2D eigenvalue weighted by Crippen LogP contribution is 2.09. The lowest BCUT2D eigenvalue weighted by Crippen LogP contribution is -2.33. The van der Waals surface area contributed by atoms with Crippen LogP contribution in [-0.2, 0) is 0 Å². The standard InChI is InChI=1S/C16H23N3O/c1-12(2)6-7-13(3)19-16(20)15-8-10-18-11-14(15)5-4-9-17/h8,10-13H,6-7,9,17H2,1-3H3,(H,19,20). The number of nitrogens with two attached hydrogens (primary N) is 1. The van der Waals surface area contributed by atoms with Gasteiger partial charge in [-0.3, -0.25) is 9.78 Å². The fraction of sp³-hybridized carbons (Fsp3) is 0.500. The van der Waals surface area contributed by atoms with E-state index in [-0.39, 0.29) is 18.5 Å². The topological polar surface area (TPSA) is 68.0 Å². The summed E-state index contributed by atoms with van der Waals surface area (Å²) >= 11 is 0. The molecule has 0 saturated carbocycles. The fourth-order valence-corrected chi connectivity index (χ4v) is 1.80. The molecule has 0 bridgehead atoms. The molecule has 4 heteroatoms. The average Bonchev–Trinajstić information content (AvgIpc) is 2.43. The third-order valence-corrected chi connectivity index (χ3v) is 2.95. The van der Waals surface area contributed by atoms with Crippen molar-refractivity contribution in [2.24, 2.45) is 11.7 Å². The van der Waals surface area contributed by atoms with Gasteiger partial charge in [0.15, 0.2) is 0 Å². The zero-order valence-corrected chi connectivity index (χ0v) is 12.4. The number of aromatic nitrogens is 1. The molecule has 1 atom stereocenters. The van der Waals surface area contributed by atoms with Gasteiger partial charge in [0.2, 0.25) is 0 Å². The predicted molar refractivity (Wildman–Crippen MR) is 81.2 cm³/mol. The van der Waals surface area contributed by atoms with Crippen LogP contribution in [-0.4, -0.2) is 23.5 Å². The molecule has 1 heterocycles. The Hall–Kier alpha value is -1.86. The molecule has 1 aromatic heterocycles. The number of hydrogen-bond acceptors (Lipinski definition) is 3. The Morgan fingerprint density at radius 1 is 1.40 bits per heavy atom. The minimum absolute atomic E-state index is 0.107. The van der Waals surface area contributed by atoms with Crippen LogP contribution in [0.3, 0.4) is 0 Å². The van der Waals surface area contributed by atoms with E-state index in [1.807, 2.05) is 6.92 Å². The molecular weight excluding hydrogens is 250 g/mol. The number of hydrogen-bond donors (Lipinski definition) is 2. The van der Waals surface area contributed by atoms with Crippen molar-refractivity contribution < 1.29 is 4.79 Å². The predicted octanol–water partition coefficient (Wildman–Crippen LogP) is 1.95. The summed E-state index contributed by atoms with van der Waals surface area (Å²) in [6, 6.07) is 1.83. The van der Waals surface area contributed by atoms with Crippen molar-refractivity contribution in [3.63, 3.8) is 0 Å². The number of pyridine rings is 1. The van der Waals surface area contributed by atoms with Gasteiger partial charge >= 0.3 is 0 Å². The largest absolute Gasteiger partial charge is 0.350 e. The van der Waals surface area contributed by atoms with E-state index < -0.39 is 0 Å². The summed E-state index contributed by atoms with van der Waals surface area (Å²) < 4.78 is 0. The highest BCUT2D eigenvalue weighted by atomic mass is 16.1. The lowest BCUT2D eigenvalue weighted by atomic mass is 10.0. The molecule has 108 valence electrons. The number of carbonyl (C=O) groups excluding carboxylic acids is 1. The van der Waals surface area contributed by atoms with E-state index in [4.69, 9.17) is 5.73 Å². The van der Waals surface area contributed by atoms with Crippen molar-refractivity contribution in [3.05, 3.63) is 29.6 Å². The quantitative estimate of drug-likeness (QED) is 0.806. The molecule has 0 fully saturated rings. The molecule has 0 spiro atoms. The molecule has 0 aliphatic heterocycles. The highest BCUT2D eigenvalue weighted by Gasteiger charge is 2.13.